The molecule has 0 radical (unpaired) electrons. The molecule has 0 bridgehead atoms. The monoisotopic (exact) mass is 1020 g/mol. The van der Waals surface area contributed by atoms with Crippen molar-refractivity contribution in [1.82, 2.24) is 0 Å². The van der Waals surface area contributed by atoms with E-state index in [1.807, 2.05) is 19.1 Å². The van der Waals surface area contributed by atoms with Gasteiger partial charge in [0.05, 0.1) is 117 Å². The van der Waals surface area contributed by atoms with E-state index in [2.05, 4.69) is 64.2 Å². The molecular formula is C57H82O16. The van der Waals surface area contributed by atoms with E-state index in [9.17, 15) is 15.3 Å². The topological polar surface area (TPSA) is 181 Å². The van der Waals surface area contributed by atoms with Crippen LogP contribution in [-0.2, 0) is 61.6 Å². The second-order valence-corrected chi connectivity index (χ2v) is 24.6. The van der Waals surface area contributed by atoms with E-state index in [0.29, 0.717) is 64.6 Å². The minimum atomic E-state index is -0.998. The molecular weight excluding hydrogens is 941 g/mol. The molecule has 16 heteroatoms. The first-order valence-electron chi connectivity index (χ1n) is 28.5. The number of hydrogen-bond acceptors (Lipinski definition) is 16. The Morgan fingerprint density at radius 1 is 0.452 bits per heavy atom. The van der Waals surface area contributed by atoms with E-state index in [1.165, 1.54) is 0 Å². The number of aliphatic hydroxyl groups is 3. The van der Waals surface area contributed by atoms with Gasteiger partial charge in [0.15, 0.2) is 5.79 Å². The van der Waals surface area contributed by atoms with Crippen LogP contribution in [0.3, 0.4) is 0 Å². The zero-order chi connectivity index (χ0) is 49.9. The highest BCUT2D eigenvalue weighted by atomic mass is 16.7. The summed E-state index contributed by atoms with van der Waals surface area (Å²) < 4.78 is 89.0. The van der Waals surface area contributed by atoms with Gasteiger partial charge in [0.1, 0.15) is 48.3 Å². The summed E-state index contributed by atoms with van der Waals surface area (Å²) in [5.74, 6) is -0.458. The average Bonchev–Trinajstić information content (AvgIpc) is 3.55. The van der Waals surface area contributed by atoms with Gasteiger partial charge >= 0.3 is 0 Å². The molecule has 9 saturated heterocycles. The molecule has 13 aliphatic heterocycles. The molecule has 0 aliphatic carbocycles. The van der Waals surface area contributed by atoms with E-state index in [4.69, 9.17) is 61.6 Å². The van der Waals surface area contributed by atoms with E-state index in [1.54, 1.807) is 0 Å². The molecule has 13 aliphatic rings. The third-order valence-electron chi connectivity index (χ3n) is 20.0. The van der Waals surface area contributed by atoms with Gasteiger partial charge in [-0.2, -0.15) is 0 Å². The lowest BCUT2D eigenvalue weighted by atomic mass is 9.76. The third-order valence-corrected chi connectivity index (χ3v) is 20.0. The minimum absolute atomic E-state index is 0.103. The quantitative estimate of drug-likeness (QED) is 0.273. The first-order valence-corrected chi connectivity index (χ1v) is 28.5. The van der Waals surface area contributed by atoms with Gasteiger partial charge in [0.25, 0.3) is 0 Å². The predicted octanol–water partition coefficient (Wildman–Crippen LogP) is 5.11. The Morgan fingerprint density at radius 2 is 1.08 bits per heavy atom. The van der Waals surface area contributed by atoms with Crippen molar-refractivity contribution in [2.75, 3.05) is 13.2 Å². The highest BCUT2D eigenvalue weighted by Crippen LogP contribution is 2.52. The lowest BCUT2D eigenvalue weighted by Crippen LogP contribution is -2.63. The molecule has 0 unspecified atom stereocenters. The van der Waals surface area contributed by atoms with Crippen molar-refractivity contribution in [3.8, 4) is 0 Å². The average molecular weight is 1020 g/mol. The Hall–Kier alpha value is -1.68. The molecule has 0 aromatic heterocycles. The van der Waals surface area contributed by atoms with Crippen LogP contribution in [0.1, 0.15) is 112 Å². The van der Waals surface area contributed by atoms with Gasteiger partial charge in [-0.1, -0.05) is 76.3 Å². The van der Waals surface area contributed by atoms with Crippen LogP contribution in [0.15, 0.2) is 48.6 Å². The van der Waals surface area contributed by atoms with E-state index >= 15 is 0 Å². The normalized spacial score (nSPS) is 58.5. The fourth-order valence-corrected chi connectivity index (χ4v) is 15.6. The summed E-state index contributed by atoms with van der Waals surface area (Å²) in [7, 11) is 0. The third kappa shape index (κ3) is 9.16. The molecule has 0 saturated carbocycles. The number of ether oxygens (including phenoxy) is 13. The summed E-state index contributed by atoms with van der Waals surface area (Å²) in [5.41, 5.74) is -0.998. The van der Waals surface area contributed by atoms with Crippen molar-refractivity contribution < 1.29 is 76.9 Å². The molecule has 73 heavy (non-hydrogen) atoms. The molecule has 1 spiro atoms. The van der Waals surface area contributed by atoms with Crippen LogP contribution in [0.4, 0.5) is 0 Å². The maximum absolute atomic E-state index is 12.4. The van der Waals surface area contributed by atoms with Crippen LogP contribution in [0, 0.1) is 23.7 Å². The molecule has 0 aromatic rings. The Labute approximate surface area is 430 Å². The fourth-order valence-electron chi connectivity index (χ4n) is 15.6. The number of fused-ring (bicyclic) bond motifs is 11. The molecule has 9 fully saturated rings. The summed E-state index contributed by atoms with van der Waals surface area (Å²) >= 11 is 0. The molecule has 13 rings (SSSR count). The molecule has 30 atom stereocenters. The van der Waals surface area contributed by atoms with Gasteiger partial charge in [0.2, 0.25) is 0 Å². The van der Waals surface area contributed by atoms with Crippen LogP contribution >= 0.6 is 0 Å². The van der Waals surface area contributed by atoms with E-state index in [0.717, 1.165) is 25.7 Å². The number of aliphatic hydroxyl groups excluding tert-OH is 3. The Kier molecular flexibility index (Phi) is 14.1. The highest BCUT2D eigenvalue weighted by Gasteiger charge is 2.62. The second-order valence-electron chi connectivity index (χ2n) is 24.6. The first kappa shape index (κ1) is 50.8. The van der Waals surface area contributed by atoms with Gasteiger partial charge in [0, 0.05) is 43.9 Å². The zero-order valence-corrected chi connectivity index (χ0v) is 43.3. The predicted molar refractivity (Wildman–Crippen MR) is 261 cm³/mol. The highest BCUT2D eigenvalue weighted by molar-refractivity contribution is 5.14. The number of hydrogen-bond donors (Lipinski definition) is 3. The van der Waals surface area contributed by atoms with Crippen molar-refractivity contribution in [3.05, 3.63) is 48.6 Å². The van der Waals surface area contributed by atoms with Gasteiger partial charge in [-0.25, -0.2) is 0 Å². The molecule has 3 N–H and O–H groups in total. The molecule has 406 valence electrons. The first-order chi connectivity index (χ1) is 35.3. The standard InChI is InChI=1S/C57H82O16/c1-28-22-39-41(25-45-51(70-39)30(3)49(59)55-52(71-45)29(2)31(4)57(73-55)19-11-21-62-57)67-43-27-48-56(5,72-44(43)23-28)47(58)26-42-35(68-48)13-7-6-12-32-33(65-42)15-10-16-34-36(63-32)17-18-37-40(64-34)24-46-54(69-37)50(60)53-38(66-46)14-8-9-20-61-53/h6-10,15,17-18,28-55,58-60H,11-14,16,19-27H2,1-5H3/b7-6-,15-10-/t28-,29+,30+,31+,32-,33+,34-,35+,36+,37-,38+,39+,40+,41-,42-,43+,44-,45+,46-,47-,48-,49+,50-,51-,52-,53+,54-,55+,56+,57-/m1/s1. The van der Waals surface area contributed by atoms with Gasteiger partial charge in [-0.3, -0.25) is 0 Å². The molecule has 0 amide bonds. The van der Waals surface area contributed by atoms with Crippen molar-refractivity contribution >= 4 is 0 Å². The second kappa shape index (κ2) is 20.2. The van der Waals surface area contributed by atoms with Crippen LogP contribution in [0.25, 0.3) is 0 Å². The maximum Gasteiger partial charge on any atom is 0.171 e. The summed E-state index contributed by atoms with van der Waals surface area (Å²) in [6.07, 6.45) is 15.0. The Balaban J connectivity index is 0.695. The summed E-state index contributed by atoms with van der Waals surface area (Å²) in [6.45, 7) is 11.9. The van der Waals surface area contributed by atoms with Gasteiger partial charge in [-0.15, -0.1) is 0 Å². The summed E-state index contributed by atoms with van der Waals surface area (Å²) in [6, 6.07) is 0. The molecule has 0 aromatic carbocycles. The fraction of sp³-hybridized carbons (Fsp3) is 0.860. The van der Waals surface area contributed by atoms with Crippen LogP contribution in [0.2, 0.25) is 0 Å². The smallest absolute Gasteiger partial charge is 0.171 e. The number of rotatable bonds is 0. The Morgan fingerprint density at radius 3 is 1.92 bits per heavy atom. The van der Waals surface area contributed by atoms with E-state index < -0.39 is 66.3 Å². The van der Waals surface area contributed by atoms with Crippen molar-refractivity contribution in [3.63, 3.8) is 0 Å². The van der Waals surface area contributed by atoms with Crippen molar-refractivity contribution in [2.24, 2.45) is 23.7 Å². The zero-order valence-electron chi connectivity index (χ0n) is 43.3. The lowest BCUT2D eigenvalue weighted by Gasteiger charge is -2.53. The van der Waals surface area contributed by atoms with Gasteiger partial charge < -0.3 is 76.9 Å². The van der Waals surface area contributed by atoms with Crippen LogP contribution in [-0.4, -0.2) is 186 Å². The van der Waals surface area contributed by atoms with E-state index in [-0.39, 0.29) is 115 Å². The Bertz CT molecular complexity index is 2080. The largest absolute Gasteiger partial charge is 0.390 e. The summed E-state index contributed by atoms with van der Waals surface area (Å²) in [5, 5.41) is 35.9. The maximum atomic E-state index is 12.4. The summed E-state index contributed by atoms with van der Waals surface area (Å²) in [4.78, 5) is 0. The van der Waals surface area contributed by atoms with Crippen LogP contribution in [0.5, 0.6) is 0 Å². The van der Waals surface area contributed by atoms with Crippen molar-refractivity contribution in [1.29, 1.82) is 0 Å². The minimum Gasteiger partial charge on any atom is -0.390 e. The molecule has 16 nitrogen and oxygen atoms in total. The van der Waals surface area contributed by atoms with Crippen LogP contribution < -0.4 is 0 Å². The van der Waals surface area contributed by atoms with Crippen molar-refractivity contribution in [2.45, 2.75) is 270 Å². The SMILES string of the molecule is C[C@@H]1C[C@@H]2O[C@@H]3[C@@H](C)[C@H](O)[C@@H]4O[C@]5(CCCO5)[C@@H](C)[C@H](C)[C@H]4O[C@H]3C[C@H]2O[C@H]2C[C@H]3O[C@H]4C/C=C\C[C@H]5O[C@H]6C=C[C@H]7O[C@H]8[C@H](O)[C@H]9OCC=CC[C@@H]9O[C@@H]8C[C@@H]7O[C@@H]6C/C=C\[C@@H]5O[C@@H]4C[C@@H](O)[C@]3(C)O[C@@H]2C1. The molecule has 13 heterocycles. The van der Waals surface area contributed by atoms with Gasteiger partial charge in [-0.05, 0) is 63.7 Å². The lowest BCUT2D eigenvalue weighted by molar-refractivity contribution is -0.339.